The fourth-order valence-electron chi connectivity index (χ4n) is 1.75. The third-order valence-corrected chi connectivity index (χ3v) is 3.41. The average molecular weight is 343 g/mol. The van der Waals surface area contributed by atoms with Gasteiger partial charge in [0.1, 0.15) is 0 Å². The van der Waals surface area contributed by atoms with Crippen molar-refractivity contribution in [1.82, 2.24) is 0 Å². The van der Waals surface area contributed by atoms with E-state index in [1.165, 1.54) is 0 Å². The maximum absolute atomic E-state index is 11.9. The summed E-state index contributed by atoms with van der Waals surface area (Å²) < 4.78 is 9.88. The van der Waals surface area contributed by atoms with Crippen LogP contribution in [0.4, 0.5) is 0 Å². The molecule has 0 fully saturated rings. The van der Waals surface area contributed by atoms with Crippen LogP contribution in [0.25, 0.3) is 0 Å². The van der Waals surface area contributed by atoms with Gasteiger partial charge in [-0.25, -0.2) is 0 Å². The normalized spacial score (nSPS) is 10.4. The van der Waals surface area contributed by atoms with Crippen LogP contribution in [0.15, 0.2) is 24.3 Å². The first kappa shape index (κ1) is 16.7. The van der Waals surface area contributed by atoms with Crippen LogP contribution in [0.3, 0.4) is 0 Å². The second-order valence-electron chi connectivity index (χ2n) is 4.21. The van der Waals surface area contributed by atoms with E-state index in [-0.39, 0.29) is 13.2 Å². The predicted molar refractivity (Wildman–Crippen MR) is 79.5 cm³/mol. The summed E-state index contributed by atoms with van der Waals surface area (Å²) in [5.41, 5.74) is 2.04. The molecule has 0 aromatic heterocycles. The van der Waals surface area contributed by atoms with Gasteiger partial charge in [0.25, 0.3) is 0 Å². The van der Waals surface area contributed by atoms with E-state index in [1.54, 1.807) is 13.8 Å². The van der Waals surface area contributed by atoms with Crippen LogP contribution in [0, 0.1) is 5.92 Å². The van der Waals surface area contributed by atoms with E-state index in [2.05, 4.69) is 15.9 Å². The molecule has 0 N–H and O–H groups in total. The molecule has 0 bridgehead atoms. The van der Waals surface area contributed by atoms with Gasteiger partial charge in [-0.1, -0.05) is 40.2 Å². The fraction of sp³-hybridized carbons (Fsp3) is 0.467. The Kier molecular flexibility index (Phi) is 7.30. The Bertz CT molecular complexity index is 424. The molecule has 0 atom stereocenters. The van der Waals surface area contributed by atoms with Crippen LogP contribution in [-0.2, 0) is 30.8 Å². The Hall–Kier alpha value is -1.36. The molecule has 0 amide bonds. The van der Waals surface area contributed by atoms with Gasteiger partial charge in [0.2, 0.25) is 0 Å². The van der Waals surface area contributed by atoms with Gasteiger partial charge in [-0.15, -0.1) is 0 Å². The molecule has 0 radical (unpaired) electrons. The van der Waals surface area contributed by atoms with E-state index >= 15 is 0 Å². The van der Waals surface area contributed by atoms with Crippen LogP contribution in [-0.4, -0.2) is 25.2 Å². The number of hydrogen-bond acceptors (Lipinski definition) is 4. The van der Waals surface area contributed by atoms with Crippen molar-refractivity contribution in [2.75, 3.05) is 13.2 Å². The van der Waals surface area contributed by atoms with Crippen LogP contribution in [0.5, 0.6) is 0 Å². The van der Waals surface area contributed by atoms with Crippen molar-refractivity contribution in [3.63, 3.8) is 0 Å². The summed E-state index contributed by atoms with van der Waals surface area (Å²) in [5.74, 6) is -1.96. The molecule has 0 saturated carbocycles. The first-order chi connectivity index (χ1) is 9.62. The predicted octanol–water partition coefficient (Wildman–Crippen LogP) is 2.87. The van der Waals surface area contributed by atoms with Gasteiger partial charge in [0.05, 0.1) is 13.2 Å². The lowest BCUT2D eigenvalue weighted by Gasteiger charge is -2.14. The van der Waals surface area contributed by atoms with Gasteiger partial charge in [0.15, 0.2) is 5.92 Å². The summed E-state index contributed by atoms with van der Waals surface area (Å²) in [6, 6.07) is 7.72. The lowest BCUT2D eigenvalue weighted by Crippen LogP contribution is -2.30. The molecule has 0 aliphatic carbocycles. The van der Waals surface area contributed by atoms with Crippen molar-refractivity contribution in [2.45, 2.75) is 25.6 Å². The second-order valence-corrected chi connectivity index (χ2v) is 4.77. The molecular weight excluding hydrogens is 324 g/mol. The van der Waals surface area contributed by atoms with E-state index in [4.69, 9.17) is 9.47 Å². The summed E-state index contributed by atoms with van der Waals surface area (Å²) in [6.45, 7) is 3.92. The number of alkyl halides is 1. The monoisotopic (exact) mass is 342 g/mol. The lowest BCUT2D eigenvalue weighted by molar-refractivity contribution is -0.161. The van der Waals surface area contributed by atoms with Gasteiger partial charge in [0, 0.05) is 5.33 Å². The molecule has 0 unspecified atom stereocenters. The molecule has 0 saturated heterocycles. The highest BCUT2D eigenvalue weighted by molar-refractivity contribution is 9.08. The third-order valence-electron chi connectivity index (χ3n) is 2.76. The van der Waals surface area contributed by atoms with Crippen molar-refractivity contribution in [1.29, 1.82) is 0 Å². The molecule has 1 aromatic carbocycles. The standard InChI is InChI=1S/C15H19BrO4/c1-3-19-14(17)13(15(18)20-4-2)9-11-5-7-12(10-16)8-6-11/h5-8,13H,3-4,9-10H2,1-2H3. The Labute approximate surface area is 127 Å². The summed E-state index contributed by atoms with van der Waals surface area (Å²) in [7, 11) is 0. The first-order valence-electron chi connectivity index (χ1n) is 6.59. The molecule has 0 aliphatic heterocycles. The van der Waals surface area contributed by atoms with Gasteiger partial charge >= 0.3 is 11.9 Å². The quantitative estimate of drug-likeness (QED) is 0.434. The highest BCUT2D eigenvalue weighted by atomic mass is 79.9. The molecule has 1 aromatic rings. The maximum atomic E-state index is 11.9. The highest BCUT2D eigenvalue weighted by Crippen LogP contribution is 2.15. The first-order valence-corrected chi connectivity index (χ1v) is 7.71. The average Bonchev–Trinajstić information content (AvgIpc) is 2.45. The van der Waals surface area contributed by atoms with Crippen LogP contribution >= 0.6 is 15.9 Å². The third kappa shape index (κ3) is 4.96. The number of carbonyl (C=O) groups excluding carboxylic acids is 2. The Morgan fingerprint density at radius 3 is 1.85 bits per heavy atom. The maximum Gasteiger partial charge on any atom is 0.320 e. The Morgan fingerprint density at radius 1 is 1.00 bits per heavy atom. The number of hydrogen-bond donors (Lipinski definition) is 0. The van der Waals surface area contributed by atoms with E-state index < -0.39 is 17.9 Å². The zero-order chi connectivity index (χ0) is 15.0. The number of esters is 2. The number of ether oxygens (including phenoxy) is 2. The number of rotatable bonds is 7. The minimum atomic E-state index is -0.898. The molecule has 20 heavy (non-hydrogen) atoms. The van der Waals surface area contributed by atoms with Gasteiger partial charge in [-0.05, 0) is 31.4 Å². The van der Waals surface area contributed by atoms with Crippen molar-refractivity contribution in [3.8, 4) is 0 Å². The van der Waals surface area contributed by atoms with E-state index in [0.717, 1.165) is 16.5 Å². The van der Waals surface area contributed by atoms with Crippen LogP contribution < -0.4 is 0 Å². The Morgan fingerprint density at radius 2 is 1.45 bits per heavy atom. The number of carbonyl (C=O) groups is 2. The molecule has 0 spiro atoms. The van der Waals surface area contributed by atoms with Crippen molar-refractivity contribution in [3.05, 3.63) is 35.4 Å². The second kappa shape index (κ2) is 8.74. The van der Waals surface area contributed by atoms with Crippen molar-refractivity contribution >= 4 is 27.9 Å². The summed E-state index contributed by atoms with van der Waals surface area (Å²) in [4.78, 5) is 23.7. The van der Waals surface area contributed by atoms with Gasteiger partial charge in [-0.2, -0.15) is 0 Å². The molecule has 110 valence electrons. The van der Waals surface area contributed by atoms with Crippen molar-refractivity contribution in [2.24, 2.45) is 5.92 Å². The highest BCUT2D eigenvalue weighted by Gasteiger charge is 2.29. The number of benzene rings is 1. The topological polar surface area (TPSA) is 52.6 Å². The lowest BCUT2D eigenvalue weighted by atomic mass is 9.99. The van der Waals surface area contributed by atoms with E-state index in [9.17, 15) is 9.59 Å². The van der Waals surface area contributed by atoms with Crippen molar-refractivity contribution < 1.29 is 19.1 Å². The number of halogens is 1. The zero-order valence-electron chi connectivity index (χ0n) is 11.7. The molecule has 0 heterocycles. The zero-order valence-corrected chi connectivity index (χ0v) is 13.3. The molecular formula is C15H19BrO4. The fourth-order valence-corrected chi connectivity index (χ4v) is 2.12. The molecule has 1 rings (SSSR count). The molecule has 5 heteroatoms. The largest absolute Gasteiger partial charge is 0.465 e. The van der Waals surface area contributed by atoms with Gasteiger partial charge in [-0.3, -0.25) is 9.59 Å². The molecule has 0 aliphatic rings. The summed E-state index contributed by atoms with van der Waals surface area (Å²) in [6.07, 6.45) is 0.292. The minimum Gasteiger partial charge on any atom is -0.465 e. The van der Waals surface area contributed by atoms with E-state index in [1.807, 2.05) is 24.3 Å². The Balaban J connectivity index is 2.81. The van der Waals surface area contributed by atoms with E-state index in [0.29, 0.717) is 6.42 Å². The SMILES string of the molecule is CCOC(=O)C(Cc1ccc(CBr)cc1)C(=O)OCC. The van der Waals surface area contributed by atoms with Gasteiger partial charge < -0.3 is 9.47 Å². The summed E-state index contributed by atoms with van der Waals surface area (Å²) >= 11 is 3.37. The van der Waals surface area contributed by atoms with Crippen LogP contribution in [0.1, 0.15) is 25.0 Å². The minimum absolute atomic E-state index is 0.247. The smallest absolute Gasteiger partial charge is 0.320 e. The van der Waals surface area contributed by atoms with Crippen LogP contribution in [0.2, 0.25) is 0 Å². The molecule has 4 nitrogen and oxygen atoms in total. The summed E-state index contributed by atoms with van der Waals surface area (Å²) in [5, 5.41) is 0.770.